The Kier molecular flexibility index (Phi) is 5.68. The van der Waals surface area contributed by atoms with E-state index in [0.717, 1.165) is 25.9 Å². The molecule has 164 valence electrons. The minimum atomic E-state index is -0.890. The van der Waals surface area contributed by atoms with E-state index < -0.39 is 23.7 Å². The van der Waals surface area contributed by atoms with Crippen molar-refractivity contribution in [3.8, 4) is 0 Å². The van der Waals surface area contributed by atoms with Gasteiger partial charge in [0.25, 0.3) is 0 Å². The fourth-order valence-corrected chi connectivity index (χ4v) is 6.86. The Morgan fingerprint density at radius 3 is 2.59 bits per heavy atom. The Hall–Kier alpha value is -1.18. The molecule has 2 N–H and O–H groups in total. The molecule has 0 radical (unpaired) electrons. The Morgan fingerprint density at radius 2 is 1.93 bits per heavy atom. The number of aliphatic hydroxyl groups is 2. The van der Waals surface area contributed by atoms with E-state index in [1.54, 1.807) is 0 Å². The van der Waals surface area contributed by atoms with Gasteiger partial charge < -0.3 is 24.6 Å². The van der Waals surface area contributed by atoms with Gasteiger partial charge in [-0.1, -0.05) is 20.3 Å². The fourth-order valence-electron chi connectivity index (χ4n) is 6.86. The minimum Gasteiger partial charge on any atom is -0.462 e. The van der Waals surface area contributed by atoms with Crippen LogP contribution in [-0.4, -0.2) is 71.1 Å². The lowest BCUT2D eigenvalue weighted by molar-refractivity contribution is -0.152. The van der Waals surface area contributed by atoms with Crippen LogP contribution in [0.5, 0.6) is 0 Å². The normalized spacial score (nSPS) is 47.8. The second-order valence-corrected chi connectivity index (χ2v) is 9.97. The number of ether oxygens (including phenoxy) is 2. The number of esters is 2. The first kappa shape index (κ1) is 21.1. The molecule has 4 rings (SSSR count). The molecule has 9 atom stereocenters. The number of nitrogens with zero attached hydrogens (tertiary/aromatic N) is 1. The van der Waals surface area contributed by atoms with Crippen LogP contribution in [0, 0.1) is 29.1 Å². The molecule has 0 unspecified atom stereocenters. The van der Waals surface area contributed by atoms with E-state index in [9.17, 15) is 19.8 Å². The van der Waals surface area contributed by atoms with E-state index in [4.69, 9.17) is 9.47 Å². The number of fused-ring (bicyclic) bond motifs is 2. The van der Waals surface area contributed by atoms with Gasteiger partial charge in [0.15, 0.2) is 0 Å². The van der Waals surface area contributed by atoms with Crippen molar-refractivity contribution >= 4 is 11.9 Å². The molecule has 0 spiro atoms. The fraction of sp³-hybridized carbons (Fsp3) is 0.909. The average Bonchev–Trinajstić information content (AvgIpc) is 3.06. The molecule has 0 aromatic carbocycles. The summed E-state index contributed by atoms with van der Waals surface area (Å²) in [6.45, 7) is 7.89. The summed E-state index contributed by atoms with van der Waals surface area (Å²) in [5, 5.41) is 22.6. The first-order valence-corrected chi connectivity index (χ1v) is 11.2. The van der Waals surface area contributed by atoms with Gasteiger partial charge in [0.1, 0.15) is 12.2 Å². The predicted molar refractivity (Wildman–Crippen MR) is 105 cm³/mol. The van der Waals surface area contributed by atoms with Gasteiger partial charge in [-0.2, -0.15) is 0 Å². The molecule has 0 bridgehead atoms. The quantitative estimate of drug-likeness (QED) is 0.679. The minimum absolute atomic E-state index is 0.0488. The molecule has 29 heavy (non-hydrogen) atoms. The molecule has 0 aromatic heterocycles. The summed E-state index contributed by atoms with van der Waals surface area (Å²) in [6.07, 6.45) is 1.98. The van der Waals surface area contributed by atoms with Gasteiger partial charge in [0.2, 0.25) is 0 Å². The molecule has 0 aromatic rings. The third-order valence-electron chi connectivity index (χ3n) is 8.20. The summed E-state index contributed by atoms with van der Waals surface area (Å²) >= 11 is 0. The van der Waals surface area contributed by atoms with Crippen LogP contribution in [0.2, 0.25) is 0 Å². The highest BCUT2D eigenvalue weighted by Gasteiger charge is 2.65. The molecule has 2 aliphatic carbocycles. The number of hydrogen-bond acceptors (Lipinski definition) is 7. The molecule has 0 amide bonds. The number of carbonyl (C=O) groups is 2. The monoisotopic (exact) mass is 409 g/mol. The topological polar surface area (TPSA) is 96.3 Å². The van der Waals surface area contributed by atoms with Crippen molar-refractivity contribution in [3.63, 3.8) is 0 Å². The van der Waals surface area contributed by atoms with Gasteiger partial charge >= 0.3 is 11.9 Å². The van der Waals surface area contributed by atoms with Gasteiger partial charge in [0.05, 0.1) is 18.1 Å². The van der Waals surface area contributed by atoms with Crippen LogP contribution in [0.3, 0.4) is 0 Å². The average molecular weight is 410 g/mol. The summed E-state index contributed by atoms with van der Waals surface area (Å²) in [5.74, 6) is -1.43. The third-order valence-corrected chi connectivity index (χ3v) is 8.20. The second kappa shape index (κ2) is 7.82. The summed E-state index contributed by atoms with van der Waals surface area (Å²) < 4.78 is 11.3. The summed E-state index contributed by atoms with van der Waals surface area (Å²) in [7, 11) is 0. The van der Waals surface area contributed by atoms with Crippen molar-refractivity contribution in [2.45, 2.75) is 77.3 Å². The van der Waals surface area contributed by atoms with Crippen molar-refractivity contribution in [3.05, 3.63) is 0 Å². The van der Waals surface area contributed by atoms with Crippen LogP contribution >= 0.6 is 0 Å². The van der Waals surface area contributed by atoms with Crippen molar-refractivity contribution in [1.82, 2.24) is 4.90 Å². The summed E-state index contributed by atoms with van der Waals surface area (Å²) in [6, 6.07) is 0. The Labute approximate surface area is 172 Å². The number of rotatable bonds is 3. The number of likely N-dealkylation sites (tertiary alicyclic amines) is 1. The maximum absolute atomic E-state index is 12.8. The third kappa shape index (κ3) is 3.49. The van der Waals surface area contributed by atoms with E-state index in [2.05, 4.69) is 11.8 Å². The van der Waals surface area contributed by atoms with E-state index in [1.165, 1.54) is 13.3 Å². The lowest BCUT2D eigenvalue weighted by atomic mass is 9.66. The standard InChI is InChI=1S/C22H35NO6/c1-12-9-15-18(14(21(27)29-15)11-23-7-5-4-6-8-23)20(26)22(3)17(25)10-16(19(12)22)28-13(2)24/h12,14-20,25-26H,4-11H2,1-3H3/t12-,14-,15-,16+,17+,18-,19+,20+,22+/m0/s1. The molecule has 2 heterocycles. The smallest absolute Gasteiger partial charge is 0.311 e. The van der Waals surface area contributed by atoms with Crippen LogP contribution in [0.25, 0.3) is 0 Å². The zero-order valence-electron chi connectivity index (χ0n) is 17.8. The summed E-state index contributed by atoms with van der Waals surface area (Å²) in [4.78, 5) is 26.7. The number of piperidine rings is 1. The van der Waals surface area contributed by atoms with Crippen LogP contribution in [0.1, 0.15) is 52.9 Å². The Morgan fingerprint density at radius 1 is 1.24 bits per heavy atom. The van der Waals surface area contributed by atoms with Crippen LogP contribution in [-0.2, 0) is 19.1 Å². The van der Waals surface area contributed by atoms with Gasteiger partial charge in [0, 0.05) is 37.1 Å². The Bertz CT molecular complexity index is 649. The lowest BCUT2D eigenvalue weighted by Crippen LogP contribution is -2.51. The predicted octanol–water partition coefficient (Wildman–Crippen LogP) is 1.35. The van der Waals surface area contributed by atoms with Gasteiger partial charge in [-0.05, 0) is 38.3 Å². The molecule has 2 saturated heterocycles. The first-order valence-electron chi connectivity index (χ1n) is 11.2. The molecule has 2 saturated carbocycles. The largest absolute Gasteiger partial charge is 0.462 e. The molecule has 7 nitrogen and oxygen atoms in total. The first-order chi connectivity index (χ1) is 13.7. The molecule has 4 aliphatic rings. The van der Waals surface area contributed by atoms with E-state index in [0.29, 0.717) is 19.4 Å². The van der Waals surface area contributed by atoms with E-state index in [1.807, 2.05) is 6.92 Å². The zero-order chi connectivity index (χ0) is 20.9. The highest BCUT2D eigenvalue weighted by Crippen LogP contribution is 2.58. The molecule has 2 aliphatic heterocycles. The molecule has 4 fully saturated rings. The highest BCUT2D eigenvalue weighted by molar-refractivity contribution is 5.76. The second-order valence-electron chi connectivity index (χ2n) is 9.97. The lowest BCUT2D eigenvalue weighted by Gasteiger charge is -2.42. The molecule has 7 heteroatoms. The van der Waals surface area contributed by atoms with E-state index in [-0.39, 0.29) is 41.7 Å². The van der Waals surface area contributed by atoms with Crippen molar-refractivity contribution in [1.29, 1.82) is 0 Å². The van der Waals surface area contributed by atoms with Crippen molar-refractivity contribution in [2.75, 3.05) is 19.6 Å². The van der Waals surface area contributed by atoms with E-state index >= 15 is 0 Å². The molecular weight excluding hydrogens is 374 g/mol. The highest BCUT2D eigenvalue weighted by atomic mass is 16.6. The maximum atomic E-state index is 12.8. The SMILES string of the molecule is CC(=O)O[C@@H]1C[C@@H](O)[C@]2(C)[C@@H]1[C@@H](C)C[C@@H]1OC(=O)[C@@H](CN3CCCCC3)[C@@H]1[C@H]2O. The van der Waals surface area contributed by atoms with Crippen molar-refractivity contribution < 1.29 is 29.3 Å². The van der Waals surface area contributed by atoms with Crippen molar-refractivity contribution in [2.24, 2.45) is 29.1 Å². The number of hydrogen-bond donors (Lipinski definition) is 2. The number of carbonyl (C=O) groups excluding carboxylic acids is 2. The van der Waals surface area contributed by atoms with Gasteiger partial charge in [-0.3, -0.25) is 9.59 Å². The van der Waals surface area contributed by atoms with Gasteiger partial charge in [-0.25, -0.2) is 0 Å². The van der Waals surface area contributed by atoms with Crippen LogP contribution < -0.4 is 0 Å². The Balaban J connectivity index is 1.63. The van der Waals surface area contributed by atoms with Crippen LogP contribution in [0.4, 0.5) is 0 Å². The van der Waals surface area contributed by atoms with Gasteiger partial charge in [-0.15, -0.1) is 0 Å². The maximum Gasteiger partial charge on any atom is 0.311 e. The molecular formula is C22H35NO6. The van der Waals surface area contributed by atoms with Crippen LogP contribution in [0.15, 0.2) is 0 Å². The number of aliphatic hydroxyl groups excluding tert-OH is 2. The zero-order valence-corrected chi connectivity index (χ0v) is 17.8. The summed E-state index contributed by atoms with van der Waals surface area (Å²) in [5.41, 5.74) is -0.840.